The molecule has 0 amide bonds. The van der Waals surface area contributed by atoms with Crippen molar-refractivity contribution in [3.63, 3.8) is 0 Å². The van der Waals surface area contributed by atoms with Crippen molar-refractivity contribution in [1.29, 1.82) is 0 Å². The van der Waals surface area contributed by atoms with Crippen molar-refractivity contribution in [1.82, 2.24) is 0 Å². The third-order valence-electron chi connectivity index (χ3n) is 0. The second-order valence-electron chi connectivity index (χ2n) is 0. The van der Waals surface area contributed by atoms with Crippen molar-refractivity contribution < 1.29 is 67.1 Å². The van der Waals surface area contributed by atoms with Gasteiger partial charge in [0.2, 0.25) is 0 Å². The van der Waals surface area contributed by atoms with Gasteiger partial charge in [-0.1, -0.05) is 0 Å². The Labute approximate surface area is 84.9 Å². The summed E-state index contributed by atoms with van der Waals surface area (Å²) >= 11 is 0. The Morgan fingerprint density at radius 1 is 0.800 bits per heavy atom. The maximum absolute atomic E-state index is 0. The van der Waals surface area contributed by atoms with Gasteiger partial charge in [0.25, 0.3) is 0 Å². The Morgan fingerprint density at radius 3 is 0.800 bits per heavy atom. The van der Waals surface area contributed by atoms with Gasteiger partial charge >= 0.3 is 0 Å². The van der Waals surface area contributed by atoms with Crippen molar-refractivity contribution in [2.24, 2.45) is 0 Å². The summed E-state index contributed by atoms with van der Waals surface area (Å²) in [4.78, 5) is 0. The van der Waals surface area contributed by atoms with Gasteiger partial charge in [-0.2, -0.15) is 0 Å². The summed E-state index contributed by atoms with van der Waals surface area (Å²) in [5.41, 5.74) is 0. The molecule has 0 aromatic heterocycles. The van der Waals surface area contributed by atoms with E-state index < -0.39 is 0 Å². The average Bonchev–Trinajstić information content (AvgIpc) is 0. The van der Waals surface area contributed by atoms with Gasteiger partial charge in [0, 0.05) is 86.0 Å². The van der Waals surface area contributed by atoms with Gasteiger partial charge in [-0.25, -0.2) is 0 Å². The van der Waals surface area contributed by atoms with Crippen LogP contribution in [0.5, 0.6) is 0 Å². The monoisotopic (exact) mass is 238 g/mol. The molecule has 0 aromatic rings. The van der Waals surface area contributed by atoms with Gasteiger partial charge in [-0.15, -0.1) is 0 Å². The van der Waals surface area contributed by atoms with Crippen LogP contribution >= 0.6 is 0 Å². The Morgan fingerprint density at radius 2 is 0.800 bits per heavy atom. The molecule has 0 bridgehead atoms. The molecule has 0 heterocycles. The fourth-order valence-electron chi connectivity index (χ4n) is 0. The molecule has 0 saturated heterocycles. The first-order chi connectivity index (χ1) is 0. The summed E-state index contributed by atoms with van der Waals surface area (Å²) in [5.74, 6) is 0. The molecule has 0 aromatic carbocycles. The van der Waals surface area contributed by atoms with E-state index in [-0.39, 0.29) is 86.0 Å². The van der Waals surface area contributed by atoms with Crippen LogP contribution in [0, 0.1) is 0 Å². The van der Waals surface area contributed by atoms with Crippen LogP contribution in [-0.2, 0) is 67.1 Å². The van der Waals surface area contributed by atoms with Gasteiger partial charge in [0.05, 0.1) is 0 Å². The van der Waals surface area contributed by atoms with Crippen LogP contribution in [-0.4, -0.2) is 18.9 Å². The summed E-state index contributed by atoms with van der Waals surface area (Å²) in [6.45, 7) is 0. The minimum absolute atomic E-state index is 0. The zero-order chi connectivity index (χ0) is 0. The van der Waals surface area contributed by atoms with E-state index in [1.165, 1.54) is 0 Å². The maximum Gasteiger partial charge on any atom is 0 e. The Kier molecular flexibility index (Phi) is 296. The van der Waals surface area contributed by atoms with Crippen LogP contribution in [0.1, 0.15) is 0 Å². The van der Waals surface area contributed by atoms with Crippen LogP contribution in [0.2, 0.25) is 0 Å². The molecule has 4 radical (unpaired) electrons. The van der Waals surface area contributed by atoms with Gasteiger partial charge in [-0.05, 0) is 0 Å². The quantitative estimate of drug-likeness (QED) is 0.504. The third kappa shape index (κ3) is 20.6. The first-order valence-corrected chi connectivity index (χ1v) is 0. The fourth-order valence-corrected chi connectivity index (χ4v) is 0. The molecule has 0 nitrogen and oxygen atoms in total. The van der Waals surface area contributed by atoms with Crippen LogP contribution in [0.25, 0.3) is 0 Å². The number of rotatable bonds is 0. The standard InChI is InChI=1S/2Co.Li.Mn.Ni. The van der Waals surface area contributed by atoms with E-state index in [2.05, 4.69) is 0 Å². The third-order valence-corrected chi connectivity index (χ3v) is 0. The molecule has 0 aliphatic rings. The predicted octanol–water partition coefficient (Wildman–Crippen LogP) is -0.391. The minimum Gasteiger partial charge on any atom is 0 e. The molecule has 0 aliphatic heterocycles. The summed E-state index contributed by atoms with van der Waals surface area (Å²) in [5, 5.41) is 0. The van der Waals surface area contributed by atoms with E-state index >= 15 is 0 Å². The summed E-state index contributed by atoms with van der Waals surface area (Å²) in [6.07, 6.45) is 0. The molecule has 0 spiro atoms. The van der Waals surface area contributed by atoms with Gasteiger partial charge in [0.15, 0.2) is 0 Å². The minimum atomic E-state index is 0. The predicted molar refractivity (Wildman–Crippen MR) is 5.75 cm³/mol. The summed E-state index contributed by atoms with van der Waals surface area (Å²) in [6, 6.07) is 0. The van der Waals surface area contributed by atoms with Gasteiger partial charge < -0.3 is 0 Å². The Bertz CT molecular complexity index is 9.61. The smallest absolute Gasteiger partial charge is 0 e. The molecular weight excluding hydrogens is 238 g/mol. The molecule has 0 unspecified atom stereocenters. The largest absolute Gasteiger partial charge is 0 e. The van der Waals surface area contributed by atoms with Crippen molar-refractivity contribution in [3.05, 3.63) is 0 Å². The first-order valence-electron chi connectivity index (χ1n) is 0. The summed E-state index contributed by atoms with van der Waals surface area (Å²) in [7, 11) is 0. The van der Waals surface area contributed by atoms with E-state index in [0.29, 0.717) is 0 Å². The second-order valence-corrected chi connectivity index (χ2v) is 0. The SMILES string of the molecule is [Co].[Co].[Li].[Mn].[Ni]. The summed E-state index contributed by atoms with van der Waals surface area (Å²) < 4.78 is 0. The molecule has 0 fully saturated rings. The number of hydrogen-bond acceptors (Lipinski definition) is 0. The Hall–Kier alpha value is 2.62. The van der Waals surface area contributed by atoms with Crippen molar-refractivity contribution in [2.75, 3.05) is 0 Å². The van der Waals surface area contributed by atoms with Crippen LogP contribution in [0.15, 0.2) is 0 Å². The van der Waals surface area contributed by atoms with Crippen LogP contribution < -0.4 is 0 Å². The van der Waals surface area contributed by atoms with Gasteiger partial charge in [0.1, 0.15) is 0 Å². The zero-order valence-corrected chi connectivity index (χ0v) is 6.61. The van der Waals surface area contributed by atoms with E-state index in [1.807, 2.05) is 0 Å². The zero-order valence-electron chi connectivity index (χ0n) is 2.36. The first kappa shape index (κ1) is 48.6. The number of hydrogen-bond donors (Lipinski definition) is 0. The molecule has 0 N–H and O–H groups in total. The molecule has 36 valence electrons. The van der Waals surface area contributed by atoms with Crippen molar-refractivity contribution in [3.8, 4) is 0 Å². The molecule has 0 aliphatic carbocycles. The molecule has 0 rings (SSSR count). The molecule has 0 atom stereocenters. The topological polar surface area (TPSA) is 0 Å². The molecule has 5 heavy (non-hydrogen) atoms. The average molecular weight is 238 g/mol. The van der Waals surface area contributed by atoms with Crippen molar-refractivity contribution in [2.45, 2.75) is 0 Å². The van der Waals surface area contributed by atoms with E-state index in [9.17, 15) is 0 Å². The molecular formula is Co2LiMnNi. The fraction of sp³-hybridized carbons (Fsp3) is 0. The normalized spacial score (nSPS) is 0. The van der Waals surface area contributed by atoms with E-state index in [1.54, 1.807) is 0 Å². The molecule has 5 heteroatoms. The van der Waals surface area contributed by atoms with E-state index in [4.69, 9.17) is 0 Å². The Balaban J connectivity index is 0. The second kappa shape index (κ2) is 30.4. The van der Waals surface area contributed by atoms with E-state index in [0.717, 1.165) is 0 Å². The van der Waals surface area contributed by atoms with Crippen LogP contribution in [0.3, 0.4) is 0 Å². The molecule has 0 saturated carbocycles. The van der Waals surface area contributed by atoms with Gasteiger partial charge in [-0.3, -0.25) is 0 Å². The maximum atomic E-state index is 0. The van der Waals surface area contributed by atoms with Crippen molar-refractivity contribution >= 4 is 18.9 Å². The van der Waals surface area contributed by atoms with Crippen LogP contribution in [0.4, 0.5) is 0 Å².